The number of aromatic nitrogens is 1. The average Bonchev–Trinajstić information content (AvgIpc) is 1.34. The summed E-state index contributed by atoms with van der Waals surface area (Å²) < 4.78 is 6.39. The molecule has 1 aromatic heterocycles. The van der Waals surface area contributed by atoms with E-state index in [9.17, 15) is 45.3 Å². The van der Waals surface area contributed by atoms with Gasteiger partial charge in [-0.1, -0.05) is 91.1 Å². The van der Waals surface area contributed by atoms with Crippen LogP contribution < -0.4 is 16.8 Å². The summed E-state index contributed by atoms with van der Waals surface area (Å²) >= 11 is 0. The normalized spacial score (nSPS) is 45.6. The monoisotopic (exact) mass is 1220 g/mol. The van der Waals surface area contributed by atoms with E-state index >= 15 is 4.79 Å². The van der Waals surface area contributed by atoms with Crippen molar-refractivity contribution in [2.45, 2.75) is 165 Å². The van der Waals surface area contributed by atoms with E-state index in [0.29, 0.717) is 35.8 Å². The number of phenols is 1. The number of carbonyl (C=O) groups excluding carboxylic acids is 3. The number of hydrogen-bond donors (Lipinski definition) is 11. The van der Waals surface area contributed by atoms with Crippen molar-refractivity contribution in [3.8, 4) is 17.6 Å². The minimum absolute atomic E-state index is 0.00152. The number of nitrogens with one attached hydrogen (secondary N) is 2. The number of aromatic hydroxyl groups is 1. The lowest BCUT2D eigenvalue weighted by atomic mass is 9.43. The van der Waals surface area contributed by atoms with E-state index < -0.39 is 100 Å². The van der Waals surface area contributed by atoms with Crippen LogP contribution in [0.3, 0.4) is 0 Å². The third-order valence-corrected chi connectivity index (χ3v) is 26.6. The van der Waals surface area contributed by atoms with Crippen LogP contribution in [-0.2, 0) is 19.1 Å². The number of esters is 1. The van der Waals surface area contributed by atoms with E-state index in [1.807, 2.05) is 25.4 Å². The molecule has 0 spiro atoms. The van der Waals surface area contributed by atoms with Crippen LogP contribution in [0.2, 0.25) is 0 Å². The quantitative estimate of drug-likeness (QED) is 0.0315. The number of nitrogens with zero attached hydrogens (tertiary/aromatic N) is 1. The first-order chi connectivity index (χ1) is 41.1. The van der Waals surface area contributed by atoms with E-state index in [4.69, 9.17) is 16.2 Å². The van der Waals surface area contributed by atoms with Gasteiger partial charge in [0.2, 0.25) is 0 Å². The zero-order chi connectivity index (χ0) is 60.9. The first kappa shape index (κ1) is 61.6. The van der Waals surface area contributed by atoms with Crippen molar-refractivity contribution in [3.63, 3.8) is 0 Å². The van der Waals surface area contributed by atoms with Crippen LogP contribution in [0.15, 0.2) is 82.8 Å². The highest BCUT2D eigenvalue weighted by molar-refractivity contribution is 8.76. The summed E-state index contributed by atoms with van der Waals surface area (Å²) in [7, 11) is 2.98. The Labute approximate surface area is 514 Å². The molecule has 2 saturated heterocycles. The molecule has 13 N–H and O–H groups in total. The summed E-state index contributed by atoms with van der Waals surface area (Å²) in [6.07, 6.45) is 11.7. The fraction of sp³-hybridized carbons (Fsp3) is 0.676. The summed E-state index contributed by atoms with van der Waals surface area (Å²) in [5, 5.41) is 91.2. The van der Waals surface area contributed by atoms with Crippen LogP contribution in [-0.4, -0.2) is 131 Å². The number of cyclic esters (lactones) is 1. The number of aliphatic hydroxyl groups is 6. The second kappa shape index (κ2) is 23.7. The SMILES string of the molecule is CC[C@@H]1OC(=O)[C@H](c2cc[nH]c2)[C@H]1[C@@H]1C#CC[C@H]2C[C@@]3(O)C4=C5N[C@H](CO)C(=O)C[C@@H](c6ccc(O)cc6)CSSC[C@@H]6[C@@H](O)[C@@H](O)C[C@@](C)([C@@H]6C5=O)[C@H]4CC[C@]3(CCN=C(N)N)[C@H]2[C@@](C)(O)[C@H](O)C[C@@H](C)[C@@H]2[C@@H]3C=C[C@H]1[C@H]2[C@H]1C[C@H](C)CCC1=C3. The van der Waals surface area contributed by atoms with Gasteiger partial charge in [0.15, 0.2) is 17.5 Å². The standard InChI is InChI=1S/C68H91N5O11S2/c1-6-51-56(54(63(81)84-51)40-19-22-71-30-40)43-9-7-8-39-28-68(83)58-47(65(4)29-50(77)60(79)46-33-86-85-32-41(36-12-15-42(75)16-13-36)27-49(76)48(31-74)73-59(58)61(80)57(46)65)18-20-67(68,21-23-72-64(69)70)62(39)66(5,82)52(78)25-35(3)53-38-14-17-44(43)55(53)45-24-34(2)10-11-37(45)26-38/h12-17,19,22,26,30,34-35,38-39,41,43-48,50-57,60,62,71,73-75,77-79,82-83H,6,8,10-11,18,20-21,23-25,27-29,31-33H2,1-5H3,(H4,69,70,72)/t34-,35-,38-,39+,41-,43-,44-,45+,46+,47+,48-,50+,51+,52-,53-,54-,55+,56+,57+,60-,62-,65-,66+,67+,68-/m1/s1. The van der Waals surface area contributed by atoms with E-state index in [-0.39, 0.29) is 134 Å². The van der Waals surface area contributed by atoms with Crippen molar-refractivity contribution in [2.75, 3.05) is 24.7 Å². The molecule has 16 nitrogen and oxygen atoms in total. The number of benzene rings is 1. The van der Waals surface area contributed by atoms with Gasteiger partial charge in [-0.05, 0) is 165 Å². The molecule has 3 heterocycles. The maximum Gasteiger partial charge on any atom is 0.314 e. The Hall–Kier alpha value is -4.58. The Morgan fingerprint density at radius 2 is 1.71 bits per heavy atom. The van der Waals surface area contributed by atoms with Crippen LogP contribution in [0, 0.1) is 106 Å². The molecule has 6 fully saturated rings. The molecule has 86 heavy (non-hydrogen) atoms. The first-order valence-corrected chi connectivity index (χ1v) is 34.5. The lowest BCUT2D eigenvalue weighted by molar-refractivity contribution is -0.194. The van der Waals surface area contributed by atoms with Gasteiger partial charge in [0.05, 0.1) is 47.7 Å². The van der Waals surface area contributed by atoms with Crippen LogP contribution >= 0.6 is 21.6 Å². The number of phenolic OH excluding ortho intramolecular Hbond substituents is 1. The summed E-state index contributed by atoms with van der Waals surface area (Å²) in [5.41, 5.74) is 9.44. The molecule has 18 heteroatoms. The number of fused-ring (bicyclic) bond motifs is 8. The molecule has 0 unspecified atom stereocenters. The fourth-order valence-corrected chi connectivity index (χ4v) is 23.2. The highest BCUT2D eigenvalue weighted by Gasteiger charge is 2.75. The second-order valence-corrected chi connectivity index (χ2v) is 31.1. The number of nitrogens with two attached hydrogens (primary N) is 2. The van der Waals surface area contributed by atoms with E-state index in [1.165, 1.54) is 27.2 Å². The molecule has 6 bridgehead atoms. The molecular formula is C68H91N5O11S2. The molecule has 0 radical (unpaired) electrons. The molecule has 466 valence electrons. The van der Waals surface area contributed by atoms with Crippen LogP contribution in [0.1, 0.15) is 135 Å². The molecule has 1 aromatic carbocycles. The minimum Gasteiger partial charge on any atom is -0.508 e. The number of aliphatic imine (C=N–C) groups is 1. The highest BCUT2D eigenvalue weighted by atomic mass is 33.1. The van der Waals surface area contributed by atoms with Crippen LogP contribution in [0.4, 0.5) is 0 Å². The number of ether oxygens (including phenoxy) is 1. The number of aromatic amines is 1. The Balaban J connectivity index is 1.05. The van der Waals surface area contributed by atoms with Gasteiger partial charge in [-0.15, -0.1) is 5.92 Å². The number of rotatable bonds is 8. The lowest BCUT2D eigenvalue weighted by Gasteiger charge is -2.63. The zero-order valence-corrected chi connectivity index (χ0v) is 52.0. The van der Waals surface area contributed by atoms with Gasteiger partial charge in [0.1, 0.15) is 17.9 Å². The number of aliphatic hydroxyl groups excluding tert-OH is 4. The molecule has 10 aliphatic rings. The van der Waals surface area contributed by atoms with Gasteiger partial charge in [0.25, 0.3) is 0 Å². The second-order valence-electron chi connectivity index (χ2n) is 28.6. The molecule has 2 aliphatic heterocycles. The third kappa shape index (κ3) is 10.1. The molecule has 2 aromatic rings. The predicted octanol–water partition coefficient (Wildman–Crippen LogP) is 7.04. The summed E-state index contributed by atoms with van der Waals surface area (Å²) in [4.78, 5) is 53.3. The number of carbonyl (C=O) groups is 3. The number of guanidine groups is 1. The van der Waals surface area contributed by atoms with Crippen molar-refractivity contribution in [3.05, 3.63) is 88.9 Å². The van der Waals surface area contributed by atoms with Crippen LogP contribution in [0.25, 0.3) is 0 Å². The van der Waals surface area contributed by atoms with E-state index in [2.05, 4.69) is 66.1 Å². The highest BCUT2D eigenvalue weighted by Crippen LogP contribution is 2.73. The van der Waals surface area contributed by atoms with Gasteiger partial charge in [-0.2, -0.15) is 0 Å². The van der Waals surface area contributed by atoms with Crippen molar-refractivity contribution in [1.29, 1.82) is 0 Å². The number of Topliss-reactive ketones (excluding diaryl/α,β-unsaturated/α-hetero) is 2. The van der Waals surface area contributed by atoms with Crippen LogP contribution in [0.5, 0.6) is 5.75 Å². The van der Waals surface area contributed by atoms with Gasteiger partial charge in [0, 0.05) is 84.2 Å². The zero-order valence-electron chi connectivity index (χ0n) is 50.4. The number of ketones is 2. The molecule has 25 atom stereocenters. The lowest BCUT2D eigenvalue weighted by Crippen LogP contribution is -2.67. The van der Waals surface area contributed by atoms with Gasteiger partial charge < -0.3 is 62.3 Å². The van der Waals surface area contributed by atoms with Gasteiger partial charge >= 0.3 is 5.97 Å². The third-order valence-electron chi connectivity index (χ3n) is 24.1. The number of H-pyrrole nitrogens is 1. The van der Waals surface area contributed by atoms with Crippen molar-refractivity contribution < 1.29 is 54.9 Å². The van der Waals surface area contributed by atoms with E-state index in [1.54, 1.807) is 31.2 Å². The summed E-state index contributed by atoms with van der Waals surface area (Å²) in [6, 6.07) is 7.35. The Bertz CT molecular complexity index is 3100. The van der Waals surface area contributed by atoms with Crippen molar-refractivity contribution in [1.82, 2.24) is 10.3 Å². The van der Waals surface area contributed by atoms with Gasteiger partial charge in [-0.3, -0.25) is 19.4 Å². The molecule has 4 saturated carbocycles. The maximum atomic E-state index is 16.3. The van der Waals surface area contributed by atoms with Gasteiger partial charge in [-0.25, -0.2) is 0 Å². The molecule has 8 aliphatic carbocycles. The van der Waals surface area contributed by atoms with E-state index in [0.717, 1.165) is 30.4 Å². The number of allylic oxidation sites excluding steroid dienone is 5. The van der Waals surface area contributed by atoms with Crippen molar-refractivity contribution in [2.24, 2.45) is 110 Å². The Morgan fingerprint density at radius 1 is 0.942 bits per heavy atom. The molecule has 12 rings (SSSR count). The molecule has 0 amide bonds. The summed E-state index contributed by atoms with van der Waals surface area (Å²) in [5.74, 6) is 2.74. The fourth-order valence-electron chi connectivity index (χ4n) is 20.4. The smallest absolute Gasteiger partial charge is 0.314 e. The molecular weight excluding hydrogens is 1130 g/mol. The summed E-state index contributed by atoms with van der Waals surface area (Å²) in [6.45, 7) is 9.67. The maximum absolute atomic E-state index is 16.3. The number of hydrogen-bond acceptors (Lipinski definition) is 15. The predicted molar refractivity (Wildman–Crippen MR) is 331 cm³/mol. The Morgan fingerprint density at radius 3 is 2.43 bits per heavy atom. The topological polar surface area (TPSA) is 294 Å². The first-order valence-electron chi connectivity index (χ1n) is 32.0. The minimum atomic E-state index is -1.98. The Kier molecular flexibility index (Phi) is 17.0. The largest absolute Gasteiger partial charge is 0.508 e. The average molecular weight is 1220 g/mol. The van der Waals surface area contributed by atoms with Crippen molar-refractivity contribution >= 4 is 45.1 Å².